The second-order valence-electron chi connectivity index (χ2n) is 11.8. The third-order valence-corrected chi connectivity index (χ3v) is 8.97. The predicted molar refractivity (Wildman–Crippen MR) is 150 cm³/mol. The average molecular weight is 565 g/mol. The molecule has 4 aliphatic rings. The first kappa shape index (κ1) is 24.9. The van der Waals surface area contributed by atoms with Gasteiger partial charge in [-0.15, -0.1) is 0 Å². The van der Waals surface area contributed by atoms with Crippen molar-refractivity contribution >= 4 is 40.2 Å². The van der Waals surface area contributed by atoms with Crippen LogP contribution in [0, 0.1) is 5.92 Å². The van der Waals surface area contributed by atoms with E-state index in [0.29, 0.717) is 17.9 Å². The van der Waals surface area contributed by atoms with E-state index in [1.807, 2.05) is 18.5 Å². The van der Waals surface area contributed by atoms with Crippen LogP contribution in [0.5, 0.6) is 0 Å². The Morgan fingerprint density at radius 3 is 2.62 bits per heavy atom. The fraction of sp³-hybridized carbons (Fsp3) is 0.367. The van der Waals surface area contributed by atoms with Gasteiger partial charge in [0.2, 0.25) is 11.8 Å². The third-order valence-electron chi connectivity index (χ3n) is 8.97. The van der Waals surface area contributed by atoms with E-state index in [0.717, 1.165) is 70.7 Å². The zero-order chi connectivity index (χ0) is 28.5. The summed E-state index contributed by atoms with van der Waals surface area (Å²) in [6.07, 6.45) is 10.3. The van der Waals surface area contributed by atoms with Crippen LogP contribution >= 0.6 is 0 Å². The molecule has 42 heavy (non-hydrogen) atoms. The molecule has 1 atom stereocenters. The van der Waals surface area contributed by atoms with Gasteiger partial charge in [-0.3, -0.25) is 44.2 Å². The number of benzene rings is 1. The molecule has 0 spiro atoms. The standard InChI is InChI=1S/C30H28N8O4/c39-25-6-5-24(28(40)34-25)38-29(41)19-4-3-17(11-20(19)30(38)42)32-12-15-9-18(10-15)37-14-22(26(36-37)16-1-2-16)27-21-13-33-35-23(21)7-8-31-27/h3-4,7-8,11,13-16,18,24,32H,1-2,5-6,9-10,12H2,(H,33,35)(H,34,39,40). The summed E-state index contributed by atoms with van der Waals surface area (Å²) >= 11 is 0. The van der Waals surface area contributed by atoms with Gasteiger partial charge in [-0.2, -0.15) is 10.2 Å². The van der Waals surface area contributed by atoms with Crippen LogP contribution in [-0.4, -0.2) is 66.1 Å². The molecule has 12 heteroatoms. The third kappa shape index (κ3) is 4.00. The normalized spacial score (nSPS) is 23.7. The number of imide groups is 2. The van der Waals surface area contributed by atoms with Gasteiger partial charge in [0.25, 0.3) is 11.8 Å². The molecule has 1 unspecified atom stereocenters. The molecule has 8 rings (SSSR count). The maximum Gasteiger partial charge on any atom is 0.262 e. The molecule has 3 fully saturated rings. The first-order valence-corrected chi connectivity index (χ1v) is 14.4. The van der Waals surface area contributed by atoms with E-state index in [-0.39, 0.29) is 24.0 Å². The van der Waals surface area contributed by atoms with E-state index in [9.17, 15) is 19.2 Å². The van der Waals surface area contributed by atoms with Crippen LogP contribution in [0.25, 0.3) is 22.2 Å². The van der Waals surface area contributed by atoms with Crippen LogP contribution < -0.4 is 10.6 Å². The number of aromatic nitrogens is 5. The minimum absolute atomic E-state index is 0.0954. The molecule has 5 heterocycles. The number of nitrogens with one attached hydrogen (secondary N) is 3. The summed E-state index contributed by atoms with van der Waals surface area (Å²) < 4.78 is 2.11. The van der Waals surface area contributed by atoms with Crippen molar-refractivity contribution < 1.29 is 19.2 Å². The van der Waals surface area contributed by atoms with Gasteiger partial charge in [-0.25, -0.2) is 0 Å². The van der Waals surface area contributed by atoms with Gasteiger partial charge < -0.3 is 5.32 Å². The molecule has 1 aromatic carbocycles. The first-order valence-electron chi connectivity index (χ1n) is 14.4. The highest BCUT2D eigenvalue weighted by molar-refractivity contribution is 6.23. The Bertz CT molecular complexity index is 1800. The zero-order valence-corrected chi connectivity index (χ0v) is 22.7. The Balaban J connectivity index is 0.931. The average Bonchev–Trinajstić information content (AvgIpc) is 3.43. The maximum absolute atomic E-state index is 13.1. The van der Waals surface area contributed by atoms with Crippen molar-refractivity contribution in [2.45, 2.75) is 56.5 Å². The summed E-state index contributed by atoms with van der Waals surface area (Å²) in [5.41, 5.74) is 5.41. The fourth-order valence-corrected chi connectivity index (χ4v) is 6.44. The van der Waals surface area contributed by atoms with E-state index in [1.165, 1.54) is 0 Å². The number of hydrogen-bond acceptors (Lipinski definition) is 8. The molecule has 2 aliphatic heterocycles. The fourth-order valence-electron chi connectivity index (χ4n) is 6.44. The van der Waals surface area contributed by atoms with E-state index < -0.39 is 29.7 Å². The molecule has 0 bridgehead atoms. The van der Waals surface area contributed by atoms with E-state index >= 15 is 0 Å². The lowest BCUT2D eigenvalue weighted by atomic mass is 9.80. The highest BCUT2D eigenvalue weighted by Gasteiger charge is 2.44. The summed E-state index contributed by atoms with van der Waals surface area (Å²) in [7, 11) is 0. The second-order valence-corrected chi connectivity index (χ2v) is 11.8. The monoisotopic (exact) mass is 564 g/mol. The van der Waals surface area contributed by atoms with Crippen LogP contribution in [0.1, 0.15) is 76.9 Å². The van der Waals surface area contributed by atoms with E-state index in [2.05, 4.69) is 36.7 Å². The molecule has 212 valence electrons. The Labute approximate surface area is 239 Å². The van der Waals surface area contributed by atoms with Crippen molar-refractivity contribution in [2.24, 2.45) is 5.92 Å². The van der Waals surface area contributed by atoms with Crippen molar-refractivity contribution in [3.63, 3.8) is 0 Å². The van der Waals surface area contributed by atoms with E-state index in [4.69, 9.17) is 5.10 Å². The molecule has 2 saturated carbocycles. The summed E-state index contributed by atoms with van der Waals surface area (Å²) in [4.78, 5) is 55.6. The van der Waals surface area contributed by atoms with Crippen LogP contribution in [-0.2, 0) is 9.59 Å². The maximum atomic E-state index is 13.1. The first-order chi connectivity index (χ1) is 20.4. The number of anilines is 1. The highest BCUT2D eigenvalue weighted by Crippen LogP contribution is 2.46. The number of aromatic amines is 1. The van der Waals surface area contributed by atoms with Crippen LogP contribution in [0.2, 0.25) is 0 Å². The number of H-pyrrole nitrogens is 1. The lowest BCUT2D eigenvalue weighted by molar-refractivity contribution is -0.136. The Morgan fingerprint density at radius 1 is 0.976 bits per heavy atom. The molecule has 3 aromatic heterocycles. The van der Waals surface area contributed by atoms with Gasteiger partial charge >= 0.3 is 0 Å². The number of carbonyl (C=O) groups excluding carboxylic acids is 4. The molecular weight excluding hydrogens is 536 g/mol. The molecule has 4 aromatic rings. The number of carbonyl (C=O) groups is 4. The van der Waals surface area contributed by atoms with Crippen molar-refractivity contribution in [1.82, 2.24) is 35.2 Å². The van der Waals surface area contributed by atoms with Gasteiger partial charge in [-0.1, -0.05) is 0 Å². The molecule has 0 radical (unpaired) electrons. The number of fused-ring (bicyclic) bond motifs is 2. The molecule has 3 N–H and O–H groups in total. The predicted octanol–water partition coefficient (Wildman–Crippen LogP) is 3.16. The summed E-state index contributed by atoms with van der Waals surface area (Å²) in [6, 6.07) is 6.38. The van der Waals surface area contributed by atoms with Crippen LogP contribution in [0.4, 0.5) is 5.69 Å². The van der Waals surface area contributed by atoms with Crippen LogP contribution in [0.3, 0.4) is 0 Å². The molecule has 1 saturated heterocycles. The summed E-state index contributed by atoms with van der Waals surface area (Å²) in [5.74, 6) is -1.07. The minimum atomic E-state index is -0.968. The zero-order valence-electron chi connectivity index (χ0n) is 22.7. The second kappa shape index (κ2) is 9.33. The molecule has 12 nitrogen and oxygen atoms in total. The molecule has 2 aliphatic carbocycles. The topological polar surface area (TPSA) is 155 Å². The summed E-state index contributed by atoms with van der Waals surface area (Å²) in [5, 5.41) is 18.9. The van der Waals surface area contributed by atoms with Gasteiger partial charge in [0, 0.05) is 47.9 Å². The van der Waals surface area contributed by atoms with Gasteiger partial charge in [0.05, 0.1) is 40.3 Å². The Morgan fingerprint density at radius 2 is 1.81 bits per heavy atom. The number of rotatable bonds is 7. The number of nitrogens with zero attached hydrogens (tertiary/aromatic N) is 5. The lowest BCUT2D eigenvalue weighted by Crippen LogP contribution is -2.54. The largest absolute Gasteiger partial charge is 0.385 e. The SMILES string of the molecule is O=C1CCC(N2C(=O)c3ccc(NCC4CC(n5cc(-c6nccc7[nH]ncc67)c(C6CC6)n5)C4)cc3C2=O)C(=O)N1. The Hall–Kier alpha value is -4.87. The van der Waals surface area contributed by atoms with Gasteiger partial charge in [-0.05, 0) is 62.3 Å². The minimum Gasteiger partial charge on any atom is -0.385 e. The van der Waals surface area contributed by atoms with Crippen LogP contribution in [0.15, 0.2) is 42.9 Å². The van der Waals surface area contributed by atoms with Gasteiger partial charge in [0.15, 0.2) is 0 Å². The number of hydrogen-bond donors (Lipinski definition) is 3. The molecule has 4 amide bonds. The number of amides is 4. The van der Waals surface area contributed by atoms with Gasteiger partial charge in [0.1, 0.15) is 6.04 Å². The lowest BCUT2D eigenvalue weighted by Gasteiger charge is -2.35. The quantitative estimate of drug-likeness (QED) is 0.289. The van der Waals surface area contributed by atoms with Crippen molar-refractivity contribution in [1.29, 1.82) is 0 Å². The summed E-state index contributed by atoms with van der Waals surface area (Å²) in [6.45, 7) is 0.730. The smallest absolute Gasteiger partial charge is 0.262 e. The molecular formula is C30H28N8O4. The van der Waals surface area contributed by atoms with Crippen molar-refractivity contribution in [2.75, 3.05) is 11.9 Å². The number of piperidine rings is 1. The van der Waals surface area contributed by atoms with E-state index in [1.54, 1.807) is 18.2 Å². The Kier molecular flexibility index (Phi) is 5.53. The highest BCUT2D eigenvalue weighted by atomic mass is 16.2. The van der Waals surface area contributed by atoms with Crippen molar-refractivity contribution in [3.8, 4) is 11.3 Å². The number of pyridine rings is 1. The van der Waals surface area contributed by atoms with Crippen molar-refractivity contribution in [3.05, 3.63) is 59.7 Å².